The molecule has 0 saturated heterocycles. The second kappa shape index (κ2) is 5.54. The molecule has 18 heavy (non-hydrogen) atoms. The van der Waals surface area contributed by atoms with Crippen LogP contribution in [-0.2, 0) is 5.54 Å². The van der Waals surface area contributed by atoms with E-state index in [2.05, 4.69) is 15.9 Å². The Morgan fingerprint density at radius 3 is 2.39 bits per heavy atom. The Kier molecular flexibility index (Phi) is 4.74. The zero-order chi connectivity index (χ0) is 14.0. The molecule has 0 heterocycles. The minimum Gasteiger partial charge on any atom is -0.384 e. The second-order valence-electron chi connectivity index (χ2n) is 4.06. The Morgan fingerprint density at radius 2 is 1.94 bits per heavy atom. The third-order valence-corrected chi connectivity index (χ3v) is 3.07. The number of hydrogen-bond donors (Lipinski definition) is 2. The van der Waals surface area contributed by atoms with Gasteiger partial charge >= 0.3 is 6.18 Å². The molecule has 0 fully saturated rings. The predicted molar refractivity (Wildman–Crippen MR) is 62.7 cm³/mol. The molecule has 0 aliphatic carbocycles. The highest BCUT2D eigenvalue weighted by molar-refractivity contribution is 9.10. The normalized spacial score (nSPS) is 17.3. The number of rotatable bonds is 4. The van der Waals surface area contributed by atoms with Crippen LogP contribution in [-0.4, -0.2) is 24.1 Å². The van der Waals surface area contributed by atoms with Gasteiger partial charge in [0.15, 0.2) is 6.10 Å². The van der Waals surface area contributed by atoms with E-state index in [0.717, 1.165) is 0 Å². The Morgan fingerprint density at radius 1 is 1.33 bits per heavy atom. The van der Waals surface area contributed by atoms with Crippen molar-refractivity contribution in [3.63, 3.8) is 0 Å². The minimum absolute atomic E-state index is 0.197. The Balaban J connectivity index is 2.99. The monoisotopic (exact) mass is 329 g/mol. The SMILES string of the molecule is N[C@@](CF)(C[C@H](O)C(F)(F)F)c1cccc(Br)c1. The van der Waals surface area contributed by atoms with Crippen molar-refractivity contribution in [2.45, 2.75) is 24.2 Å². The van der Waals surface area contributed by atoms with Gasteiger partial charge in [0, 0.05) is 10.9 Å². The van der Waals surface area contributed by atoms with E-state index in [1.165, 1.54) is 18.2 Å². The third-order valence-electron chi connectivity index (χ3n) is 2.57. The number of benzene rings is 1. The molecule has 0 spiro atoms. The summed E-state index contributed by atoms with van der Waals surface area (Å²) < 4.78 is 50.4. The molecule has 3 N–H and O–H groups in total. The first-order valence-electron chi connectivity index (χ1n) is 5.05. The maximum atomic E-state index is 13.0. The molecule has 1 aromatic rings. The summed E-state index contributed by atoms with van der Waals surface area (Å²) >= 11 is 3.13. The minimum atomic E-state index is -4.81. The lowest BCUT2D eigenvalue weighted by atomic mass is 9.86. The molecule has 1 rings (SSSR count). The highest BCUT2D eigenvalue weighted by atomic mass is 79.9. The van der Waals surface area contributed by atoms with Crippen LogP contribution in [0.4, 0.5) is 17.6 Å². The van der Waals surface area contributed by atoms with E-state index in [0.29, 0.717) is 4.47 Å². The first-order valence-corrected chi connectivity index (χ1v) is 5.84. The molecule has 1 aromatic carbocycles. The lowest BCUT2D eigenvalue weighted by molar-refractivity contribution is -0.210. The molecule has 7 heteroatoms. The van der Waals surface area contributed by atoms with Gasteiger partial charge in [-0.3, -0.25) is 0 Å². The van der Waals surface area contributed by atoms with Gasteiger partial charge in [-0.25, -0.2) is 4.39 Å². The maximum Gasteiger partial charge on any atom is 0.414 e. The summed E-state index contributed by atoms with van der Waals surface area (Å²) in [6.07, 6.45) is -8.40. The Bertz CT molecular complexity index is 412. The van der Waals surface area contributed by atoms with Crippen LogP contribution in [0.2, 0.25) is 0 Å². The molecule has 0 amide bonds. The van der Waals surface area contributed by atoms with Gasteiger partial charge in [-0.1, -0.05) is 28.1 Å². The second-order valence-corrected chi connectivity index (χ2v) is 4.98. The fourth-order valence-electron chi connectivity index (χ4n) is 1.51. The topological polar surface area (TPSA) is 46.2 Å². The predicted octanol–water partition coefficient (Wildman–Crippen LogP) is 2.89. The van der Waals surface area contributed by atoms with Crippen LogP contribution in [0.5, 0.6) is 0 Å². The lowest BCUT2D eigenvalue weighted by Gasteiger charge is -2.30. The van der Waals surface area contributed by atoms with Crippen molar-refractivity contribution in [2.75, 3.05) is 6.67 Å². The molecule has 0 bridgehead atoms. The largest absolute Gasteiger partial charge is 0.414 e. The molecule has 2 nitrogen and oxygen atoms in total. The highest BCUT2D eigenvalue weighted by Gasteiger charge is 2.43. The van der Waals surface area contributed by atoms with Crippen molar-refractivity contribution in [1.82, 2.24) is 0 Å². The molecule has 102 valence electrons. The fourth-order valence-corrected chi connectivity index (χ4v) is 1.91. The van der Waals surface area contributed by atoms with Crippen molar-refractivity contribution in [2.24, 2.45) is 5.73 Å². The van der Waals surface area contributed by atoms with Crippen molar-refractivity contribution >= 4 is 15.9 Å². The summed E-state index contributed by atoms with van der Waals surface area (Å²) in [5.74, 6) is 0. The van der Waals surface area contributed by atoms with Gasteiger partial charge in [-0.2, -0.15) is 13.2 Å². The number of halogens is 5. The molecule has 0 saturated carbocycles. The van der Waals surface area contributed by atoms with Gasteiger partial charge in [-0.05, 0) is 17.7 Å². The first-order chi connectivity index (χ1) is 8.19. The van der Waals surface area contributed by atoms with Crippen LogP contribution in [0.3, 0.4) is 0 Å². The maximum absolute atomic E-state index is 13.0. The van der Waals surface area contributed by atoms with Crippen LogP contribution < -0.4 is 5.73 Å². The summed E-state index contributed by atoms with van der Waals surface area (Å²) in [5, 5.41) is 9.00. The van der Waals surface area contributed by atoms with Gasteiger partial charge in [0.25, 0.3) is 0 Å². The van der Waals surface area contributed by atoms with E-state index in [1.54, 1.807) is 6.07 Å². The average Bonchev–Trinajstić information content (AvgIpc) is 2.27. The molecule has 0 aliphatic rings. The van der Waals surface area contributed by atoms with E-state index in [-0.39, 0.29) is 5.56 Å². The van der Waals surface area contributed by atoms with Gasteiger partial charge in [0.1, 0.15) is 6.67 Å². The fraction of sp³-hybridized carbons (Fsp3) is 0.455. The Hall–Kier alpha value is -0.660. The molecule has 0 radical (unpaired) electrons. The summed E-state index contributed by atoms with van der Waals surface area (Å²) in [6, 6.07) is 6.04. The van der Waals surface area contributed by atoms with Gasteiger partial charge in [-0.15, -0.1) is 0 Å². The zero-order valence-electron chi connectivity index (χ0n) is 9.22. The molecule has 0 unspecified atom stereocenters. The van der Waals surface area contributed by atoms with Crippen molar-refractivity contribution < 1.29 is 22.7 Å². The van der Waals surface area contributed by atoms with Crippen LogP contribution in [0.25, 0.3) is 0 Å². The number of aliphatic hydroxyl groups excluding tert-OH is 1. The summed E-state index contributed by atoms with van der Waals surface area (Å²) in [6.45, 7) is -1.20. The molecule has 0 aromatic heterocycles. The zero-order valence-corrected chi connectivity index (χ0v) is 10.8. The van der Waals surface area contributed by atoms with Crippen LogP contribution in [0, 0.1) is 0 Å². The first kappa shape index (κ1) is 15.4. The summed E-state index contributed by atoms with van der Waals surface area (Å²) in [7, 11) is 0. The van der Waals surface area contributed by atoms with Crippen molar-refractivity contribution in [3.8, 4) is 0 Å². The highest BCUT2D eigenvalue weighted by Crippen LogP contribution is 2.32. The summed E-state index contributed by atoms with van der Waals surface area (Å²) in [4.78, 5) is 0. The number of alkyl halides is 4. The van der Waals surface area contributed by atoms with Gasteiger partial charge < -0.3 is 10.8 Å². The van der Waals surface area contributed by atoms with Crippen molar-refractivity contribution in [1.29, 1.82) is 0 Å². The number of aliphatic hydroxyl groups is 1. The Labute approximate surface area is 110 Å². The van der Waals surface area contributed by atoms with E-state index < -0.39 is 30.9 Å². The van der Waals surface area contributed by atoms with Gasteiger partial charge in [0.2, 0.25) is 0 Å². The number of hydrogen-bond acceptors (Lipinski definition) is 2. The van der Waals surface area contributed by atoms with Crippen LogP contribution in [0.1, 0.15) is 12.0 Å². The molecular weight excluding hydrogens is 318 g/mol. The van der Waals surface area contributed by atoms with E-state index in [4.69, 9.17) is 10.8 Å². The van der Waals surface area contributed by atoms with Crippen molar-refractivity contribution in [3.05, 3.63) is 34.3 Å². The quantitative estimate of drug-likeness (QED) is 0.834. The lowest BCUT2D eigenvalue weighted by Crippen LogP contribution is -2.45. The van der Waals surface area contributed by atoms with E-state index >= 15 is 0 Å². The molecular formula is C11H12BrF4NO. The third kappa shape index (κ3) is 3.66. The van der Waals surface area contributed by atoms with E-state index in [1.807, 2.05) is 0 Å². The summed E-state index contributed by atoms with van der Waals surface area (Å²) in [5.41, 5.74) is 3.96. The average molecular weight is 330 g/mol. The molecule has 2 atom stereocenters. The van der Waals surface area contributed by atoms with Gasteiger partial charge in [0.05, 0.1) is 5.54 Å². The molecule has 0 aliphatic heterocycles. The van der Waals surface area contributed by atoms with Crippen LogP contribution >= 0.6 is 15.9 Å². The van der Waals surface area contributed by atoms with Crippen LogP contribution in [0.15, 0.2) is 28.7 Å². The van der Waals surface area contributed by atoms with E-state index in [9.17, 15) is 17.6 Å². The smallest absolute Gasteiger partial charge is 0.384 e. The standard InChI is InChI=1S/C11H12BrF4NO/c12-8-3-1-2-7(4-8)10(17,6-13)5-9(18)11(14,15)16/h1-4,9,18H,5-6,17H2/t9-,10+/m0/s1. The number of nitrogens with two attached hydrogens (primary N) is 1.